The summed E-state index contributed by atoms with van der Waals surface area (Å²) in [5.74, 6) is 0.436. The van der Waals surface area contributed by atoms with Crippen molar-refractivity contribution in [1.29, 1.82) is 0 Å². The van der Waals surface area contributed by atoms with Gasteiger partial charge in [-0.15, -0.1) is 0 Å². The molecule has 0 aromatic carbocycles. The lowest BCUT2D eigenvalue weighted by atomic mass is 9.75. The lowest BCUT2D eigenvalue weighted by Gasteiger charge is -2.37. The Morgan fingerprint density at radius 1 is 1.48 bits per heavy atom. The molecule has 0 atom stereocenters. The SMILES string of the molecule is CCC1CCC(Nc2nccn3nccc23)(C(=O)O)CC1. The van der Waals surface area contributed by atoms with Crippen molar-refractivity contribution in [2.24, 2.45) is 5.92 Å². The van der Waals surface area contributed by atoms with Crippen LogP contribution in [0.15, 0.2) is 24.7 Å². The highest BCUT2D eigenvalue weighted by Gasteiger charge is 2.42. The Labute approximate surface area is 123 Å². The summed E-state index contributed by atoms with van der Waals surface area (Å²) in [5, 5.41) is 17.1. The van der Waals surface area contributed by atoms with E-state index in [1.165, 1.54) is 0 Å². The van der Waals surface area contributed by atoms with Crippen LogP contribution < -0.4 is 5.32 Å². The van der Waals surface area contributed by atoms with E-state index in [0.717, 1.165) is 24.8 Å². The standard InChI is InChI=1S/C15H20N4O2/c1-2-11-3-6-15(7-4-11,14(20)21)18-13-12-5-8-17-19(12)10-9-16-13/h5,8-11H,2-4,6-7H2,1H3,(H,16,18)(H,20,21). The van der Waals surface area contributed by atoms with E-state index in [0.29, 0.717) is 24.6 Å². The summed E-state index contributed by atoms with van der Waals surface area (Å²) in [7, 11) is 0. The number of fused-ring (bicyclic) bond motifs is 1. The predicted octanol–water partition coefficient (Wildman–Crippen LogP) is 2.56. The van der Waals surface area contributed by atoms with E-state index in [9.17, 15) is 9.90 Å². The van der Waals surface area contributed by atoms with Gasteiger partial charge in [-0.3, -0.25) is 0 Å². The molecule has 0 unspecified atom stereocenters. The minimum Gasteiger partial charge on any atom is -0.480 e. The zero-order valence-electron chi connectivity index (χ0n) is 12.1. The van der Waals surface area contributed by atoms with Crippen LogP contribution in [0.5, 0.6) is 0 Å². The van der Waals surface area contributed by atoms with Crippen LogP contribution in [0.3, 0.4) is 0 Å². The van der Waals surface area contributed by atoms with E-state index in [1.54, 1.807) is 23.1 Å². The van der Waals surface area contributed by atoms with Crippen molar-refractivity contribution in [3.63, 3.8) is 0 Å². The normalized spacial score (nSPS) is 25.9. The quantitative estimate of drug-likeness (QED) is 0.904. The van der Waals surface area contributed by atoms with Gasteiger partial charge in [0, 0.05) is 12.4 Å². The molecule has 0 aliphatic heterocycles. The van der Waals surface area contributed by atoms with Crippen molar-refractivity contribution in [1.82, 2.24) is 14.6 Å². The highest BCUT2D eigenvalue weighted by atomic mass is 16.4. The van der Waals surface area contributed by atoms with Crippen LogP contribution in [0.25, 0.3) is 5.52 Å². The maximum Gasteiger partial charge on any atom is 0.329 e. The minimum atomic E-state index is -0.912. The number of rotatable bonds is 4. The first kappa shape index (κ1) is 13.9. The van der Waals surface area contributed by atoms with Gasteiger partial charge < -0.3 is 10.4 Å². The maximum absolute atomic E-state index is 11.8. The second-order valence-electron chi connectivity index (χ2n) is 5.80. The number of aromatic nitrogens is 3. The molecule has 2 aromatic heterocycles. The Bertz CT molecular complexity index is 644. The number of aliphatic carboxylic acids is 1. The number of carboxylic acid groups (broad SMARTS) is 1. The number of hydrogen-bond donors (Lipinski definition) is 2. The molecule has 0 bridgehead atoms. The predicted molar refractivity (Wildman–Crippen MR) is 79.2 cm³/mol. The summed E-state index contributed by atoms with van der Waals surface area (Å²) in [5.41, 5.74) is -0.110. The maximum atomic E-state index is 11.8. The van der Waals surface area contributed by atoms with Gasteiger partial charge in [0.15, 0.2) is 5.82 Å². The van der Waals surface area contributed by atoms with E-state index in [2.05, 4.69) is 22.3 Å². The number of anilines is 1. The third-order valence-electron chi connectivity index (χ3n) is 4.63. The molecular formula is C15H20N4O2. The highest BCUT2D eigenvalue weighted by Crippen LogP contribution is 2.36. The summed E-state index contributed by atoms with van der Waals surface area (Å²) >= 11 is 0. The Balaban J connectivity index is 1.89. The fourth-order valence-corrected chi connectivity index (χ4v) is 3.15. The number of hydrogen-bond acceptors (Lipinski definition) is 4. The van der Waals surface area contributed by atoms with E-state index in [4.69, 9.17) is 0 Å². The monoisotopic (exact) mass is 288 g/mol. The third kappa shape index (κ3) is 2.46. The van der Waals surface area contributed by atoms with Crippen LogP contribution in [-0.4, -0.2) is 31.2 Å². The molecule has 3 rings (SSSR count). The Hall–Kier alpha value is -2.11. The van der Waals surface area contributed by atoms with Gasteiger partial charge in [0.05, 0.1) is 6.20 Å². The summed E-state index contributed by atoms with van der Waals surface area (Å²) < 4.78 is 1.70. The zero-order valence-corrected chi connectivity index (χ0v) is 12.1. The van der Waals surface area contributed by atoms with Crippen LogP contribution >= 0.6 is 0 Å². The van der Waals surface area contributed by atoms with Gasteiger partial charge in [0.1, 0.15) is 11.1 Å². The number of nitrogens with one attached hydrogen (secondary N) is 1. The second kappa shape index (κ2) is 5.35. The van der Waals surface area contributed by atoms with Crippen molar-refractivity contribution in [2.75, 3.05) is 5.32 Å². The minimum absolute atomic E-state index is 0.590. The third-order valence-corrected chi connectivity index (χ3v) is 4.63. The molecule has 0 saturated heterocycles. The van der Waals surface area contributed by atoms with Gasteiger partial charge in [-0.1, -0.05) is 13.3 Å². The fourth-order valence-electron chi connectivity index (χ4n) is 3.15. The lowest BCUT2D eigenvalue weighted by Crippen LogP contribution is -2.49. The van der Waals surface area contributed by atoms with E-state index in [1.807, 2.05) is 6.07 Å². The number of carbonyl (C=O) groups is 1. The van der Waals surface area contributed by atoms with Crippen LogP contribution in [0.2, 0.25) is 0 Å². The summed E-state index contributed by atoms with van der Waals surface area (Å²) in [6, 6.07) is 1.84. The number of carboxylic acids is 1. The molecular weight excluding hydrogens is 268 g/mol. The van der Waals surface area contributed by atoms with Gasteiger partial charge in [-0.05, 0) is 37.7 Å². The molecule has 0 amide bonds. The van der Waals surface area contributed by atoms with Crippen LogP contribution in [-0.2, 0) is 4.79 Å². The summed E-state index contributed by atoms with van der Waals surface area (Å²) in [6.07, 6.45) is 9.35. The number of nitrogens with zero attached hydrogens (tertiary/aromatic N) is 3. The molecule has 1 fully saturated rings. The van der Waals surface area contributed by atoms with Crippen LogP contribution in [0.1, 0.15) is 39.0 Å². The molecule has 112 valence electrons. The molecule has 1 aliphatic carbocycles. The average molecular weight is 288 g/mol. The van der Waals surface area contributed by atoms with Gasteiger partial charge >= 0.3 is 5.97 Å². The van der Waals surface area contributed by atoms with Crippen molar-refractivity contribution in [3.8, 4) is 0 Å². The lowest BCUT2D eigenvalue weighted by molar-refractivity contribution is -0.143. The van der Waals surface area contributed by atoms with Crippen LogP contribution in [0, 0.1) is 5.92 Å². The first-order valence-corrected chi connectivity index (χ1v) is 7.44. The van der Waals surface area contributed by atoms with Crippen molar-refractivity contribution in [3.05, 3.63) is 24.7 Å². The molecule has 1 aliphatic rings. The molecule has 6 nitrogen and oxygen atoms in total. The highest BCUT2D eigenvalue weighted by molar-refractivity contribution is 5.84. The van der Waals surface area contributed by atoms with Gasteiger partial charge in [0.2, 0.25) is 0 Å². The molecule has 6 heteroatoms. The second-order valence-corrected chi connectivity index (χ2v) is 5.80. The molecule has 0 radical (unpaired) electrons. The Kier molecular flexibility index (Phi) is 3.53. The Morgan fingerprint density at radius 3 is 2.90 bits per heavy atom. The van der Waals surface area contributed by atoms with Crippen molar-refractivity contribution < 1.29 is 9.90 Å². The first-order valence-electron chi connectivity index (χ1n) is 7.44. The smallest absolute Gasteiger partial charge is 0.329 e. The largest absolute Gasteiger partial charge is 0.480 e. The first-order chi connectivity index (χ1) is 10.1. The molecule has 2 heterocycles. The molecule has 0 spiro atoms. The van der Waals surface area contributed by atoms with E-state index >= 15 is 0 Å². The molecule has 2 N–H and O–H groups in total. The van der Waals surface area contributed by atoms with E-state index in [-0.39, 0.29) is 0 Å². The van der Waals surface area contributed by atoms with Crippen molar-refractivity contribution in [2.45, 2.75) is 44.6 Å². The molecule has 21 heavy (non-hydrogen) atoms. The zero-order chi connectivity index (χ0) is 14.9. The average Bonchev–Trinajstić information content (AvgIpc) is 2.97. The van der Waals surface area contributed by atoms with E-state index < -0.39 is 11.5 Å². The van der Waals surface area contributed by atoms with Gasteiger partial charge in [0.25, 0.3) is 0 Å². The summed E-state index contributed by atoms with van der Waals surface area (Å²) in [6.45, 7) is 2.17. The fraction of sp³-hybridized carbons (Fsp3) is 0.533. The molecule has 2 aromatic rings. The van der Waals surface area contributed by atoms with Crippen molar-refractivity contribution >= 4 is 17.3 Å². The van der Waals surface area contributed by atoms with Crippen LogP contribution in [0.4, 0.5) is 5.82 Å². The van der Waals surface area contributed by atoms with Gasteiger partial charge in [-0.25, -0.2) is 14.3 Å². The van der Waals surface area contributed by atoms with Gasteiger partial charge in [-0.2, -0.15) is 5.10 Å². The summed E-state index contributed by atoms with van der Waals surface area (Å²) in [4.78, 5) is 16.1. The Morgan fingerprint density at radius 2 is 2.24 bits per heavy atom. The topological polar surface area (TPSA) is 79.5 Å². The molecule has 1 saturated carbocycles.